The molecule has 0 saturated carbocycles. The standard InChI is InChI=1S/C10H13ClNO/c1-12(2)7-8-13-10-5-3-9(11)4-6-10/h3,5-6H,7-8H2,1-2H3. The van der Waals surface area contributed by atoms with Gasteiger partial charge in [0.1, 0.15) is 12.4 Å². The third-order valence-electron chi connectivity index (χ3n) is 1.55. The maximum Gasteiger partial charge on any atom is 0.120 e. The number of nitrogens with zero attached hydrogens (tertiary/aromatic N) is 1. The molecule has 0 aliphatic rings. The van der Waals surface area contributed by atoms with Gasteiger partial charge in [-0.15, -0.1) is 0 Å². The molecule has 0 N–H and O–H groups in total. The highest BCUT2D eigenvalue weighted by atomic mass is 35.5. The molecular weight excluding hydrogens is 186 g/mol. The Bertz CT molecular complexity index is 246. The van der Waals surface area contributed by atoms with Crippen molar-refractivity contribution in [1.82, 2.24) is 4.90 Å². The van der Waals surface area contributed by atoms with Crippen LogP contribution in [0.25, 0.3) is 0 Å². The molecule has 0 heterocycles. The molecule has 3 heteroatoms. The molecule has 0 aromatic heterocycles. The molecule has 1 rings (SSSR count). The first-order valence-electron chi connectivity index (χ1n) is 4.13. The average Bonchev–Trinajstić information content (AvgIpc) is 2.08. The molecule has 0 aliphatic heterocycles. The average molecular weight is 199 g/mol. The van der Waals surface area contributed by atoms with Gasteiger partial charge in [0, 0.05) is 17.6 Å². The minimum absolute atomic E-state index is 0.611. The van der Waals surface area contributed by atoms with Crippen LogP contribution in [0.1, 0.15) is 0 Å². The number of benzene rings is 1. The predicted molar refractivity (Wildman–Crippen MR) is 54.3 cm³/mol. The van der Waals surface area contributed by atoms with Crippen molar-refractivity contribution in [3.63, 3.8) is 0 Å². The van der Waals surface area contributed by atoms with Crippen LogP contribution in [-0.4, -0.2) is 32.1 Å². The Kier molecular flexibility index (Phi) is 4.06. The number of likely N-dealkylation sites (N-methyl/N-ethyl adjacent to an activating group) is 1. The van der Waals surface area contributed by atoms with Crippen molar-refractivity contribution in [1.29, 1.82) is 0 Å². The molecule has 13 heavy (non-hydrogen) atoms. The molecule has 0 bridgehead atoms. The van der Waals surface area contributed by atoms with Crippen LogP contribution in [0.4, 0.5) is 0 Å². The first-order valence-corrected chi connectivity index (χ1v) is 4.51. The molecule has 0 fully saturated rings. The van der Waals surface area contributed by atoms with Gasteiger partial charge >= 0.3 is 0 Å². The first kappa shape index (κ1) is 10.4. The van der Waals surface area contributed by atoms with E-state index in [4.69, 9.17) is 16.3 Å². The Labute approximate surface area is 84.1 Å². The second-order valence-corrected chi connectivity index (χ2v) is 3.43. The highest BCUT2D eigenvalue weighted by Crippen LogP contribution is 2.14. The molecule has 2 nitrogen and oxygen atoms in total. The molecule has 71 valence electrons. The molecular formula is C10H13ClNO. The van der Waals surface area contributed by atoms with Gasteiger partial charge in [-0.1, -0.05) is 11.6 Å². The highest BCUT2D eigenvalue weighted by Gasteiger charge is 1.94. The zero-order chi connectivity index (χ0) is 9.68. The quantitative estimate of drug-likeness (QED) is 0.735. The zero-order valence-electron chi connectivity index (χ0n) is 7.88. The van der Waals surface area contributed by atoms with Crippen molar-refractivity contribution in [2.24, 2.45) is 0 Å². The minimum Gasteiger partial charge on any atom is -0.492 e. The van der Waals surface area contributed by atoms with E-state index in [1.54, 1.807) is 12.1 Å². The summed E-state index contributed by atoms with van der Waals surface area (Å²) in [6.45, 7) is 1.59. The lowest BCUT2D eigenvalue weighted by Crippen LogP contribution is -2.19. The van der Waals surface area contributed by atoms with Crippen LogP contribution >= 0.6 is 11.6 Å². The van der Waals surface area contributed by atoms with Gasteiger partial charge < -0.3 is 9.64 Å². The van der Waals surface area contributed by atoms with Crippen molar-refractivity contribution in [2.45, 2.75) is 0 Å². The van der Waals surface area contributed by atoms with Gasteiger partial charge in [0.25, 0.3) is 0 Å². The van der Waals surface area contributed by atoms with Crippen LogP contribution in [0, 0.1) is 6.07 Å². The summed E-state index contributed by atoms with van der Waals surface area (Å²) in [4.78, 5) is 2.07. The molecule has 0 amide bonds. The second kappa shape index (κ2) is 5.10. The Balaban J connectivity index is 2.33. The summed E-state index contributed by atoms with van der Waals surface area (Å²) >= 11 is 5.68. The van der Waals surface area contributed by atoms with Gasteiger partial charge in [0.05, 0.1) is 0 Å². The normalized spacial score (nSPS) is 10.5. The Hall–Kier alpha value is -0.730. The van der Waals surface area contributed by atoms with Crippen molar-refractivity contribution in [3.8, 4) is 5.75 Å². The summed E-state index contributed by atoms with van der Waals surface area (Å²) in [6, 6.07) is 8.22. The van der Waals surface area contributed by atoms with Crippen molar-refractivity contribution in [3.05, 3.63) is 29.3 Å². The van der Waals surface area contributed by atoms with Gasteiger partial charge in [-0.25, -0.2) is 0 Å². The van der Waals surface area contributed by atoms with E-state index in [2.05, 4.69) is 11.0 Å². The zero-order valence-corrected chi connectivity index (χ0v) is 8.64. The van der Waals surface area contributed by atoms with E-state index in [9.17, 15) is 0 Å². The Morgan fingerprint density at radius 1 is 1.46 bits per heavy atom. The van der Waals surface area contributed by atoms with Crippen molar-refractivity contribution >= 4 is 11.6 Å². The van der Waals surface area contributed by atoms with Gasteiger partial charge in [-0.2, -0.15) is 0 Å². The number of rotatable bonds is 4. The summed E-state index contributed by atoms with van der Waals surface area (Å²) < 4.78 is 5.44. The fourth-order valence-electron chi connectivity index (χ4n) is 0.827. The summed E-state index contributed by atoms with van der Waals surface area (Å²) in [5.74, 6) is 0.811. The second-order valence-electron chi connectivity index (χ2n) is 3.02. The highest BCUT2D eigenvalue weighted by molar-refractivity contribution is 6.30. The van der Waals surface area contributed by atoms with Crippen molar-refractivity contribution < 1.29 is 4.74 Å². The largest absolute Gasteiger partial charge is 0.492 e. The van der Waals surface area contributed by atoms with Gasteiger partial charge in [-0.05, 0) is 32.3 Å². The molecule has 1 aromatic carbocycles. The van der Waals surface area contributed by atoms with Gasteiger partial charge in [-0.3, -0.25) is 0 Å². The fraction of sp³-hybridized carbons (Fsp3) is 0.400. The third kappa shape index (κ3) is 4.15. The SMILES string of the molecule is CN(C)CCOc1c[c]c(Cl)cc1. The fourth-order valence-corrected chi connectivity index (χ4v) is 0.945. The van der Waals surface area contributed by atoms with Gasteiger partial charge in [0.15, 0.2) is 0 Å². The first-order chi connectivity index (χ1) is 6.18. The van der Waals surface area contributed by atoms with E-state index in [-0.39, 0.29) is 0 Å². The van der Waals surface area contributed by atoms with Crippen LogP contribution in [0.15, 0.2) is 18.2 Å². The molecule has 1 radical (unpaired) electrons. The molecule has 1 aromatic rings. The maximum absolute atomic E-state index is 5.68. The molecule has 0 atom stereocenters. The van der Waals surface area contributed by atoms with Crippen LogP contribution in [0.3, 0.4) is 0 Å². The van der Waals surface area contributed by atoms with E-state index in [0.717, 1.165) is 12.3 Å². The lowest BCUT2D eigenvalue weighted by molar-refractivity contribution is 0.261. The molecule has 0 spiro atoms. The monoisotopic (exact) mass is 198 g/mol. The van der Waals surface area contributed by atoms with Gasteiger partial charge in [0.2, 0.25) is 0 Å². The molecule has 0 unspecified atom stereocenters. The summed E-state index contributed by atoms with van der Waals surface area (Å²) in [6.07, 6.45) is 0. The molecule has 0 aliphatic carbocycles. The summed E-state index contributed by atoms with van der Waals surface area (Å²) in [7, 11) is 4.02. The van der Waals surface area contributed by atoms with E-state index < -0.39 is 0 Å². The van der Waals surface area contributed by atoms with Crippen LogP contribution < -0.4 is 4.74 Å². The third-order valence-corrected chi connectivity index (χ3v) is 1.79. The summed E-state index contributed by atoms with van der Waals surface area (Å²) in [5, 5.41) is 0.611. The topological polar surface area (TPSA) is 12.5 Å². The lowest BCUT2D eigenvalue weighted by Gasteiger charge is -2.10. The molecule has 0 saturated heterocycles. The minimum atomic E-state index is 0.611. The van der Waals surface area contributed by atoms with E-state index in [1.807, 2.05) is 20.2 Å². The maximum atomic E-state index is 5.68. The van der Waals surface area contributed by atoms with Crippen LogP contribution in [-0.2, 0) is 0 Å². The lowest BCUT2D eigenvalue weighted by atomic mass is 10.3. The Morgan fingerprint density at radius 3 is 2.77 bits per heavy atom. The smallest absolute Gasteiger partial charge is 0.120 e. The van der Waals surface area contributed by atoms with Crippen molar-refractivity contribution in [2.75, 3.05) is 27.2 Å². The van der Waals surface area contributed by atoms with E-state index in [0.29, 0.717) is 11.6 Å². The van der Waals surface area contributed by atoms with Crippen LogP contribution in [0.2, 0.25) is 5.02 Å². The van der Waals surface area contributed by atoms with E-state index >= 15 is 0 Å². The van der Waals surface area contributed by atoms with Crippen LogP contribution in [0.5, 0.6) is 5.75 Å². The number of halogens is 1. The predicted octanol–water partition coefficient (Wildman–Crippen LogP) is 2.08. The number of ether oxygens (including phenoxy) is 1. The summed E-state index contributed by atoms with van der Waals surface area (Å²) in [5.41, 5.74) is 0. The van der Waals surface area contributed by atoms with E-state index in [1.165, 1.54) is 0 Å². The Morgan fingerprint density at radius 2 is 2.23 bits per heavy atom. The number of hydrogen-bond donors (Lipinski definition) is 0. The number of hydrogen-bond acceptors (Lipinski definition) is 2.